The van der Waals surface area contributed by atoms with Crippen LogP contribution in [0.3, 0.4) is 0 Å². The Morgan fingerprint density at radius 1 is 1.14 bits per heavy atom. The summed E-state index contributed by atoms with van der Waals surface area (Å²) >= 11 is 6.30. The number of aromatic nitrogens is 1. The minimum Gasteiger partial charge on any atom is -0.378 e. The topological polar surface area (TPSA) is 28.5 Å². The van der Waals surface area contributed by atoms with E-state index in [9.17, 15) is 0 Å². The maximum absolute atomic E-state index is 4.68. The Morgan fingerprint density at radius 2 is 1.90 bits per heavy atom. The Balaban J connectivity index is 2.02. The Morgan fingerprint density at radius 3 is 2.57 bits per heavy atom. The van der Waals surface area contributed by atoms with Gasteiger partial charge in [-0.1, -0.05) is 0 Å². The number of hydrogen-bond donors (Lipinski definition) is 0. The van der Waals surface area contributed by atoms with Crippen LogP contribution in [0.2, 0.25) is 0 Å². The van der Waals surface area contributed by atoms with Gasteiger partial charge in [0.15, 0.2) is 0 Å². The van der Waals surface area contributed by atoms with E-state index in [0.29, 0.717) is 0 Å². The van der Waals surface area contributed by atoms with Gasteiger partial charge in [-0.15, -0.1) is 11.3 Å². The van der Waals surface area contributed by atoms with Gasteiger partial charge in [0.1, 0.15) is 5.01 Å². The first-order chi connectivity index (χ1) is 10.2. The zero-order valence-electron chi connectivity index (χ0n) is 11.7. The molecule has 104 valence electrons. The third-order valence-electron chi connectivity index (χ3n) is 3.18. The molecule has 0 N–H and O–H groups in total. The third-order valence-corrected chi connectivity index (χ3v) is 4.34. The fourth-order valence-corrected chi connectivity index (χ4v) is 3.17. The number of rotatable bonds is 3. The lowest BCUT2D eigenvalue weighted by atomic mass is 10.2. The minimum absolute atomic E-state index is 0.815. The molecule has 3 rings (SSSR count). The molecule has 0 saturated carbocycles. The normalized spacial score (nSPS) is 10.4. The van der Waals surface area contributed by atoms with Gasteiger partial charge in [-0.05, 0) is 54.7 Å². The first-order valence-electron chi connectivity index (χ1n) is 6.43. The number of nitrogens with zero attached hydrogens (tertiary/aromatic N) is 3. The summed E-state index contributed by atoms with van der Waals surface area (Å²) in [6.07, 6.45) is 0. The van der Waals surface area contributed by atoms with Gasteiger partial charge in [0.05, 0.1) is 21.1 Å². The lowest BCUT2D eigenvalue weighted by Crippen LogP contribution is -2.07. The van der Waals surface area contributed by atoms with E-state index in [1.54, 1.807) is 11.3 Å². The molecular formula is C16H13N3S2. The first kappa shape index (κ1) is 13.9. The van der Waals surface area contributed by atoms with E-state index in [-0.39, 0.29) is 0 Å². The monoisotopic (exact) mass is 311 g/mol. The number of thiazole rings is 1. The highest BCUT2D eigenvalue weighted by Gasteiger charge is 2.07. The summed E-state index contributed by atoms with van der Waals surface area (Å²) in [7, 11) is 4.07. The second kappa shape index (κ2) is 5.74. The summed E-state index contributed by atoms with van der Waals surface area (Å²) in [4.78, 5) is 10.8. The minimum atomic E-state index is 0.815. The van der Waals surface area contributed by atoms with Crippen LogP contribution in [0.25, 0.3) is 20.8 Å². The molecule has 0 amide bonds. The van der Waals surface area contributed by atoms with Crippen molar-refractivity contribution in [3.05, 3.63) is 42.5 Å². The summed E-state index contributed by atoms with van der Waals surface area (Å²) in [5, 5.41) is 3.40. The van der Waals surface area contributed by atoms with E-state index in [2.05, 4.69) is 56.5 Å². The van der Waals surface area contributed by atoms with Crippen molar-refractivity contribution in [1.82, 2.24) is 4.98 Å². The van der Waals surface area contributed by atoms with E-state index in [1.807, 2.05) is 32.3 Å². The first-order valence-corrected chi connectivity index (χ1v) is 7.66. The predicted molar refractivity (Wildman–Crippen MR) is 94.1 cm³/mol. The van der Waals surface area contributed by atoms with Crippen LogP contribution in [-0.4, -0.2) is 24.2 Å². The number of hydrogen-bond acceptors (Lipinski definition) is 5. The van der Waals surface area contributed by atoms with Crippen LogP contribution >= 0.6 is 23.6 Å². The van der Waals surface area contributed by atoms with Crippen molar-refractivity contribution in [2.45, 2.75) is 0 Å². The molecule has 0 spiro atoms. The quantitative estimate of drug-likeness (QED) is 0.515. The maximum Gasteiger partial charge on any atom is 0.124 e. The van der Waals surface area contributed by atoms with Crippen molar-refractivity contribution < 1.29 is 0 Å². The largest absolute Gasteiger partial charge is 0.378 e. The average molecular weight is 311 g/mol. The van der Waals surface area contributed by atoms with Crippen LogP contribution < -0.4 is 4.90 Å². The maximum atomic E-state index is 4.68. The molecule has 1 aromatic heterocycles. The highest BCUT2D eigenvalue weighted by Crippen LogP contribution is 2.32. The number of anilines is 1. The lowest BCUT2D eigenvalue weighted by Gasteiger charge is -2.11. The summed E-state index contributed by atoms with van der Waals surface area (Å²) in [6.45, 7) is 0. The van der Waals surface area contributed by atoms with Crippen LogP contribution in [0.1, 0.15) is 0 Å². The van der Waals surface area contributed by atoms with E-state index >= 15 is 0 Å². The molecule has 0 aliphatic rings. The molecule has 0 radical (unpaired) electrons. The van der Waals surface area contributed by atoms with Crippen LogP contribution in [-0.2, 0) is 0 Å². The van der Waals surface area contributed by atoms with Gasteiger partial charge in [-0.2, -0.15) is 4.99 Å². The number of fused-ring (bicyclic) bond motifs is 1. The number of benzene rings is 2. The van der Waals surface area contributed by atoms with Crippen molar-refractivity contribution in [3.63, 3.8) is 0 Å². The van der Waals surface area contributed by atoms with E-state index in [4.69, 9.17) is 0 Å². The van der Waals surface area contributed by atoms with Crippen molar-refractivity contribution in [1.29, 1.82) is 0 Å². The highest BCUT2D eigenvalue weighted by atomic mass is 32.1. The molecule has 5 heteroatoms. The molecular weight excluding hydrogens is 298 g/mol. The van der Waals surface area contributed by atoms with E-state index in [1.165, 1.54) is 5.69 Å². The van der Waals surface area contributed by atoms with E-state index < -0.39 is 0 Å². The molecule has 2 aromatic carbocycles. The Bertz CT molecular complexity index is 828. The fourth-order valence-electron chi connectivity index (χ4n) is 2.06. The Kier molecular flexibility index (Phi) is 3.80. The molecule has 0 atom stereocenters. The zero-order chi connectivity index (χ0) is 14.8. The predicted octanol–water partition coefficient (Wildman–Crippen LogP) is 4.76. The molecule has 3 nitrogen and oxygen atoms in total. The molecule has 0 aliphatic heterocycles. The summed E-state index contributed by atoms with van der Waals surface area (Å²) in [5.41, 5.74) is 4.10. The average Bonchev–Trinajstić information content (AvgIpc) is 2.91. The standard InChI is InChI=1S/C16H13N3S2/c1-19(2)13-6-3-11(4-7-13)16-18-14-8-5-12(17-10-20)9-15(14)21-16/h3-9H,1-2H3. The Labute approximate surface area is 132 Å². The van der Waals surface area contributed by atoms with Gasteiger partial charge in [-0.3, -0.25) is 0 Å². The van der Waals surface area contributed by atoms with Gasteiger partial charge in [0.2, 0.25) is 0 Å². The molecule has 3 aromatic rings. The number of aliphatic imine (C=N–C) groups is 1. The SMILES string of the molecule is CN(C)c1ccc(-c2nc3ccc(N=C=S)cc3s2)cc1. The van der Waals surface area contributed by atoms with E-state index in [0.717, 1.165) is 26.5 Å². The van der Waals surface area contributed by atoms with Crippen molar-refractivity contribution in [3.8, 4) is 10.6 Å². The molecule has 0 unspecified atom stereocenters. The van der Waals surface area contributed by atoms with Crippen LogP contribution in [0.4, 0.5) is 11.4 Å². The summed E-state index contributed by atoms with van der Waals surface area (Å²) < 4.78 is 1.10. The number of isothiocyanates is 1. The second-order valence-electron chi connectivity index (χ2n) is 4.82. The summed E-state index contributed by atoms with van der Waals surface area (Å²) in [6, 6.07) is 14.3. The highest BCUT2D eigenvalue weighted by molar-refractivity contribution is 7.78. The smallest absolute Gasteiger partial charge is 0.124 e. The molecule has 0 aliphatic carbocycles. The Hall–Kier alpha value is -2.07. The summed E-state index contributed by atoms with van der Waals surface area (Å²) in [5.74, 6) is 0. The number of thiocarbonyl (C=S) groups is 1. The van der Waals surface area contributed by atoms with Gasteiger partial charge in [0.25, 0.3) is 0 Å². The second-order valence-corrected chi connectivity index (χ2v) is 6.03. The zero-order valence-corrected chi connectivity index (χ0v) is 13.3. The molecule has 0 saturated heterocycles. The van der Waals surface area contributed by atoms with Crippen molar-refractivity contribution >= 4 is 50.3 Å². The van der Waals surface area contributed by atoms with Gasteiger partial charge in [-0.25, -0.2) is 4.98 Å². The molecule has 0 bridgehead atoms. The van der Waals surface area contributed by atoms with Crippen LogP contribution in [0.5, 0.6) is 0 Å². The van der Waals surface area contributed by atoms with Crippen LogP contribution in [0.15, 0.2) is 47.5 Å². The van der Waals surface area contributed by atoms with Gasteiger partial charge >= 0.3 is 0 Å². The molecule has 1 heterocycles. The fraction of sp³-hybridized carbons (Fsp3) is 0.125. The van der Waals surface area contributed by atoms with Crippen LogP contribution in [0, 0.1) is 0 Å². The van der Waals surface area contributed by atoms with Gasteiger partial charge in [0, 0.05) is 25.3 Å². The van der Waals surface area contributed by atoms with Gasteiger partial charge < -0.3 is 4.90 Å². The third kappa shape index (κ3) is 2.85. The lowest BCUT2D eigenvalue weighted by molar-refractivity contribution is 1.13. The van der Waals surface area contributed by atoms with Crippen molar-refractivity contribution in [2.75, 3.05) is 19.0 Å². The molecule has 21 heavy (non-hydrogen) atoms. The van der Waals surface area contributed by atoms with Crippen molar-refractivity contribution in [2.24, 2.45) is 4.99 Å². The molecule has 0 fully saturated rings.